The fourth-order valence-electron chi connectivity index (χ4n) is 2.34. The monoisotopic (exact) mass is 452 g/mol. The van der Waals surface area contributed by atoms with Crippen LogP contribution in [0.1, 0.15) is 29.1 Å². The van der Waals surface area contributed by atoms with Crippen molar-refractivity contribution in [3.63, 3.8) is 0 Å². The van der Waals surface area contributed by atoms with Gasteiger partial charge < -0.3 is 15.0 Å². The molecule has 0 atom stereocenters. The van der Waals surface area contributed by atoms with Gasteiger partial charge in [0.1, 0.15) is 5.75 Å². The molecule has 1 N–H and O–H groups in total. The Morgan fingerprint density at radius 2 is 2.04 bits per heavy atom. The fraction of sp³-hybridized carbons (Fsp3) is 0.316. The molecule has 2 rings (SSSR count). The molecule has 0 aliphatic carbocycles. The molecule has 1 aromatic heterocycles. The minimum absolute atomic E-state index is 0.0377. The number of benzene rings is 1. The van der Waals surface area contributed by atoms with E-state index in [-0.39, 0.29) is 30.7 Å². The number of nitrogens with zero attached hydrogens (tertiary/aromatic N) is 1. The Morgan fingerprint density at radius 3 is 2.67 bits per heavy atom. The summed E-state index contributed by atoms with van der Waals surface area (Å²) in [6.45, 7) is 3.78. The number of carbonyl (C=O) groups excluding carboxylic acids is 3. The molecule has 0 saturated carbocycles. The molecule has 144 valence electrons. The molecule has 2 aromatic rings. The molecule has 8 heteroatoms. The standard InChI is InChI=1S/C19H21BrN2O4S/c1-3-22(11-18(24)21-10-15-5-4-8-27-15)19(25)12-26-17-7-6-14(20)9-16(17)13(2)23/h4-9H,3,10-12H2,1-2H3,(H,21,24). The molecule has 1 heterocycles. The number of nitrogens with one attached hydrogen (secondary N) is 1. The van der Waals surface area contributed by atoms with Gasteiger partial charge in [-0.25, -0.2) is 0 Å². The molecule has 0 radical (unpaired) electrons. The smallest absolute Gasteiger partial charge is 0.260 e. The van der Waals surface area contributed by atoms with E-state index >= 15 is 0 Å². The van der Waals surface area contributed by atoms with Crippen LogP contribution < -0.4 is 10.1 Å². The largest absolute Gasteiger partial charge is 0.483 e. The van der Waals surface area contributed by atoms with E-state index in [1.165, 1.54) is 11.8 Å². The van der Waals surface area contributed by atoms with E-state index in [0.717, 1.165) is 9.35 Å². The first-order valence-corrected chi connectivity index (χ1v) is 10.1. The van der Waals surface area contributed by atoms with Crippen LogP contribution in [0.2, 0.25) is 0 Å². The normalized spacial score (nSPS) is 10.3. The Balaban J connectivity index is 1.89. The molecule has 0 aliphatic heterocycles. The molecule has 0 unspecified atom stereocenters. The van der Waals surface area contributed by atoms with Crippen molar-refractivity contribution in [1.82, 2.24) is 10.2 Å². The van der Waals surface area contributed by atoms with Gasteiger partial charge >= 0.3 is 0 Å². The van der Waals surface area contributed by atoms with Crippen LogP contribution in [0.3, 0.4) is 0 Å². The van der Waals surface area contributed by atoms with Crippen molar-refractivity contribution in [2.24, 2.45) is 0 Å². The second-order valence-corrected chi connectivity index (χ2v) is 7.70. The Labute approximate surface area is 170 Å². The first-order valence-electron chi connectivity index (χ1n) is 8.40. The summed E-state index contributed by atoms with van der Waals surface area (Å²) in [7, 11) is 0. The first kappa shape index (κ1) is 21.1. The zero-order chi connectivity index (χ0) is 19.8. The zero-order valence-corrected chi connectivity index (χ0v) is 17.6. The second kappa shape index (κ2) is 10.2. The number of ether oxygens (including phenoxy) is 1. The number of halogens is 1. The van der Waals surface area contributed by atoms with Crippen LogP contribution in [0.15, 0.2) is 40.2 Å². The van der Waals surface area contributed by atoms with E-state index in [1.807, 2.05) is 17.5 Å². The molecule has 0 spiro atoms. The number of hydrogen-bond donors (Lipinski definition) is 1. The molecule has 0 fully saturated rings. The average molecular weight is 453 g/mol. The summed E-state index contributed by atoms with van der Waals surface area (Å²) in [5.41, 5.74) is 0.397. The van der Waals surface area contributed by atoms with Crippen molar-refractivity contribution in [2.45, 2.75) is 20.4 Å². The lowest BCUT2D eigenvalue weighted by Crippen LogP contribution is -2.42. The molecule has 27 heavy (non-hydrogen) atoms. The van der Waals surface area contributed by atoms with Crippen LogP contribution in [-0.2, 0) is 16.1 Å². The van der Waals surface area contributed by atoms with Crippen molar-refractivity contribution in [1.29, 1.82) is 0 Å². The number of ketones is 1. The van der Waals surface area contributed by atoms with E-state index in [2.05, 4.69) is 21.2 Å². The molecule has 1 aromatic carbocycles. The number of thiophene rings is 1. The second-order valence-electron chi connectivity index (χ2n) is 5.75. The van der Waals surface area contributed by atoms with Gasteiger partial charge in [-0.2, -0.15) is 0 Å². The SMILES string of the molecule is CCN(CC(=O)NCc1cccs1)C(=O)COc1ccc(Br)cc1C(C)=O. The topological polar surface area (TPSA) is 75.7 Å². The fourth-order valence-corrected chi connectivity index (χ4v) is 3.34. The van der Waals surface area contributed by atoms with Crippen molar-refractivity contribution in [2.75, 3.05) is 19.7 Å². The molecule has 0 bridgehead atoms. The van der Waals surface area contributed by atoms with Crippen molar-refractivity contribution in [3.8, 4) is 5.75 Å². The summed E-state index contributed by atoms with van der Waals surface area (Å²) in [5.74, 6) is -0.357. The van der Waals surface area contributed by atoms with Crippen molar-refractivity contribution < 1.29 is 19.1 Å². The highest BCUT2D eigenvalue weighted by Crippen LogP contribution is 2.23. The maximum atomic E-state index is 12.4. The van der Waals surface area contributed by atoms with Gasteiger partial charge in [0.25, 0.3) is 5.91 Å². The molecule has 2 amide bonds. The van der Waals surface area contributed by atoms with E-state index < -0.39 is 0 Å². The molecule has 0 saturated heterocycles. The van der Waals surface area contributed by atoms with E-state index in [4.69, 9.17) is 4.74 Å². The van der Waals surface area contributed by atoms with Crippen LogP contribution >= 0.6 is 27.3 Å². The van der Waals surface area contributed by atoms with Crippen LogP contribution in [0.4, 0.5) is 0 Å². The lowest BCUT2D eigenvalue weighted by atomic mass is 10.1. The summed E-state index contributed by atoms with van der Waals surface area (Å²) in [4.78, 5) is 38.7. The summed E-state index contributed by atoms with van der Waals surface area (Å²) in [6.07, 6.45) is 0. The zero-order valence-electron chi connectivity index (χ0n) is 15.2. The Bertz CT molecular complexity index is 808. The van der Waals surface area contributed by atoms with Gasteiger partial charge in [-0.1, -0.05) is 22.0 Å². The lowest BCUT2D eigenvalue weighted by molar-refractivity contribution is -0.137. The molecule has 0 aliphatic rings. The van der Waals surface area contributed by atoms with Gasteiger partial charge in [0.15, 0.2) is 12.4 Å². The van der Waals surface area contributed by atoms with E-state index in [9.17, 15) is 14.4 Å². The maximum Gasteiger partial charge on any atom is 0.260 e. The Kier molecular flexibility index (Phi) is 7.99. The molecular formula is C19H21BrN2O4S. The summed E-state index contributed by atoms with van der Waals surface area (Å²) in [6, 6.07) is 8.88. The minimum Gasteiger partial charge on any atom is -0.483 e. The highest BCUT2D eigenvalue weighted by atomic mass is 79.9. The van der Waals surface area contributed by atoms with Crippen LogP contribution in [-0.4, -0.2) is 42.2 Å². The third kappa shape index (κ3) is 6.48. The van der Waals surface area contributed by atoms with Gasteiger partial charge in [0.2, 0.25) is 5.91 Å². The predicted octanol–water partition coefficient (Wildman–Crippen LogP) is 3.26. The van der Waals surface area contributed by atoms with E-state index in [0.29, 0.717) is 24.4 Å². The van der Waals surface area contributed by atoms with Crippen molar-refractivity contribution >= 4 is 44.9 Å². The minimum atomic E-state index is -0.318. The maximum absolute atomic E-state index is 12.4. The van der Waals surface area contributed by atoms with Gasteiger partial charge in [-0.05, 0) is 43.5 Å². The number of hydrogen-bond acceptors (Lipinski definition) is 5. The third-order valence-corrected chi connectivity index (χ3v) is 5.15. The van der Waals surface area contributed by atoms with Crippen LogP contribution in [0.5, 0.6) is 5.75 Å². The molecular weight excluding hydrogens is 432 g/mol. The Hall–Kier alpha value is -2.19. The quantitative estimate of drug-likeness (QED) is 0.592. The third-order valence-electron chi connectivity index (χ3n) is 3.78. The number of likely N-dealkylation sites (N-methyl/N-ethyl adjacent to an activating group) is 1. The van der Waals surface area contributed by atoms with Gasteiger partial charge in [-0.3, -0.25) is 14.4 Å². The molecule has 6 nitrogen and oxygen atoms in total. The first-order chi connectivity index (χ1) is 12.9. The number of amides is 2. The number of carbonyl (C=O) groups is 3. The number of rotatable bonds is 9. The highest BCUT2D eigenvalue weighted by molar-refractivity contribution is 9.10. The highest BCUT2D eigenvalue weighted by Gasteiger charge is 2.17. The number of Topliss-reactive ketones (excluding diaryl/α,β-unsaturated/α-hetero) is 1. The summed E-state index contributed by atoms with van der Waals surface area (Å²) in [5, 5.41) is 4.74. The summed E-state index contributed by atoms with van der Waals surface area (Å²) < 4.78 is 6.29. The lowest BCUT2D eigenvalue weighted by Gasteiger charge is -2.21. The van der Waals surface area contributed by atoms with Crippen LogP contribution in [0, 0.1) is 0 Å². The predicted molar refractivity (Wildman–Crippen MR) is 108 cm³/mol. The van der Waals surface area contributed by atoms with Gasteiger partial charge in [0.05, 0.1) is 18.7 Å². The summed E-state index contributed by atoms with van der Waals surface area (Å²) >= 11 is 4.87. The Morgan fingerprint density at radius 1 is 1.26 bits per heavy atom. The average Bonchev–Trinajstić information content (AvgIpc) is 3.16. The van der Waals surface area contributed by atoms with Crippen LogP contribution in [0.25, 0.3) is 0 Å². The van der Waals surface area contributed by atoms with E-state index in [1.54, 1.807) is 36.5 Å². The van der Waals surface area contributed by atoms with Gasteiger partial charge in [0, 0.05) is 15.9 Å². The van der Waals surface area contributed by atoms with Crippen molar-refractivity contribution in [3.05, 3.63) is 50.6 Å². The van der Waals surface area contributed by atoms with Gasteiger partial charge in [-0.15, -0.1) is 11.3 Å².